The molecule has 1 amide bonds. The highest BCUT2D eigenvalue weighted by Gasteiger charge is 2.14. The molecule has 1 atom stereocenters. The van der Waals surface area contributed by atoms with Crippen molar-refractivity contribution >= 4 is 16.9 Å². The molecule has 0 saturated heterocycles. The molecule has 22 heavy (non-hydrogen) atoms. The predicted octanol–water partition coefficient (Wildman–Crippen LogP) is 1.90. The van der Waals surface area contributed by atoms with Crippen molar-refractivity contribution in [3.8, 4) is 0 Å². The van der Waals surface area contributed by atoms with Crippen LogP contribution in [0.5, 0.6) is 0 Å². The van der Waals surface area contributed by atoms with Crippen LogP contribution in [-0.4, -0.2) is 33.6 Å². The molecular weight excluding hydrogens is 278 g/mol. The van der Waals surface area contributed by atoms with Crippen molar-refractivity contribution in [2.75, 3.05) is 6.61 Å². The quantitative estimate of drug-likeness (QED) is 0.672. The van der Waals surface area contributed by atoms with Gasteiger partial charge in [0.05, 0.1) is 30.0 Å². The van der Waals surface area contributed by atoms with Gasteiger partial charge in [0.25, 0.3) is 5.91 Å². The second kappa shape index (κ2) is 6.41. The van der Waals surface area contributed by atoms with Gasteiger partial charge in [0.1, 0.15) is 0 Å². The smallest absolute Gasteiger partial charge is 0.251 e. The van der Waals surface area contributed by atoms with E-state index >= 15 is 0 Å². The van der Waals surface area contributed by atoms with Crippen molar-refractivity contribution in [3.63, 3.8) is 0 Å². The fourth-order valence-electron chi connectivity index (χ4n) is 2.41. The highest BCUT2D eigenvalue weighted by atomic mass is 16.3. The van der Waals surface area contributed by atoms with E-state index in [2.05, 4.69) is 15.3 Å². The maximum Gasteiger partial charge on any atom is 0.251 e. The summed E-state index contributed by atoms with van der Waals surface area (Å²) in [5, 5.41) is 12.4. The number of aromatic nitrogens is 2. The Bertz CT molecular complexity index is 768. The van der Waals surface area contributed by atoms with Crippen LogP contribution >= 0.6 is 0 Å². The van der Waals surface area contributed by atoms with Crippen molar-refractivity contribution in [1.29, 1.82) is 0 Å². The average molecular weight is 295 g/mol. The van der Waals surface area contributed by atoms with Gasteiger partial charge < -0.3 is 15.4 Å². The lowest BCUT2D eigenvalue weighted by Crippen LogP contribution is -2.39. The zero-order valence-corrected chi connectivity index (χ0v) is 12.0. The summed E-state index contributed by atoms with van der Waals surface area (Å²) in [4.78, 5) is 19.4. The first kappa shape index (κ1) is 14.3. The molecule has 0 radical (unpaired) electrons. The number of aliphatic hydroxyl groups is 1. The third kappa shape index (κ3) is 3.15. The average Bonchev–Trinajstić information content (AvgIpc) is 3.02. The Morgan fingerprint density at radius 2 is 2.05 bits per heavy atom. The van der Waals surface area contributed by atoms with Crippen molar-refractivity contribution < 1.29 is 9.90 Å². The lowest BCUT2D eigenvalue weighted by molar-refractivity contribution is 0.0916. The first-order chi connectivity index (χ1) is 10.8. The molecule has 0 bridgehead atoms. The number of amides is 1. The molecular formula is C17H17N3O2. The Balaban J connectivity index is 1.71. The maximum absolute atomic E-state index is 12.3. The third-order valence-corrected chi connectivity index (χ3v) is 3.56. The lowest BCUT2D eigenvalue weighted by atomic mass is 10.1. The zero-order chi connectivity index (χ0) is 15.4. The van der Waals surface area contributed by atoms with Gasteiger partial charge in [-0.25, -0.2) is 4.98 Å². The Morgan fingerprint density at radius 3 is 2.82 bits per heavy atom. The third-order valence-electron chi connectivity index (χ3n) is 3.56. The number of rotatable bonds is 5. The fraction of sp³-hybridized carbons (Fsp3) is 0.176. The standard InChI is InChI=1S/C17H17N3O2/c21-10-14(8-12-4-2-1-3-5-12)20-17(22)13-6-7-15-16(9-13)19-11-18-15/h1-7,9,11,14,21H,8,10H2,(H,18,19)(H,20,22). The Labute approximate surface area is 128 Å². The Morgan fingerprint density at radius 1 is 1.23 bits per heavy atom. The SMILES string of the molecule is O=C(NC(CO)Cc1ccccc1)c1ccc2nc[nH]c2c1. The lowest BCUT2D eigenvalue weighted by Gasteiger charge is -2.16. The van der Waals surface area contributed by atoms with E-state index in [9.17, 15) is 9.90 Å². The van der Waals surface area contributed by atoms with Crippen LogP contribution in [0, 0.1) is 0 Å². The number of nitrogens with zero attached hydrogens (tertiary/aromatic N) is 1. The minimum absolute atomic E-state index is 0.104. The van der Waals surface area contributed by atoms with E-state index in [4.69, 9.17) is 0 Å². The van der Waals surface area contributed by atoms with Gasteiger partial charge in [-0.05, 0) is 30.2 Å². The van der Waals surface area contributed by atoms with Crippen molar-refractivity contribution in [1.82, 2.24) is 15.3 Å². The number of hydrogen-bond donors (Lipinski definition) is 3. The van der Waals surface area contributed by atoms with Crippen LogP contribution in [0.3, 0.4) is 0 Å². The molecule has 0 fully saturated rings. The number of benzene rings is 2. The topological polar surface area (TPSA) is 78.0 Å². The molecule has 1 heterocycles. The molecule has 0 saturated carbocycles. The molecule has 3 N–H and O–H groups in total. The van der Waals surface area contributed by atoms with Crippen molar-refractivity contribution in [3.05, 3.63) is 66.0 Å². The van der Waals surface area contributed by atoms with Crippen LogP contribution < -0.4 is 5.32 Å². The molecule has 112 valence electrons. The van der Waals surface area contributed by atoms with Crippen molar-refractivity contribution in [2.24, 2.45) is 0 Å². The molecule has 3 rings (SSSR count). The van der Waals surface area contributed by atoms with E-state index in [-0.39, 0.29) is 18.6 Å². The molecule has 0 aliphatic heterocycles. The number of carbonyl (C=O) groups excluding carboxylic acids is 1. The summed E-state index contributed by atoms with van der Waals surface area (Å²) in [5.74, 6) is -0.202. The summed E-state index contributed by atoms with van der Waals surface area (Å²) < 4.78 is 0. The van der Waals surface area contributed by atoms with Crippen LogP contribution in [-0.2, 0) is 6.42 Å². The highest BCUT2D eigenvalue weighted by Crippen LogP contribution is 2.12. The summed E-state index contributed by atoms with van der Waals surface area (Å²) in [6, 6.07) is 14.8. The van der Waals surface area contributed by atoms with Gasteiger partial charge in [-0.1, -0.05) is 30.3 Å². The van der Waals surface area contributed by atoms with E-state index in [1.54, 1.807) is 24.5 Å². The monoisotopic (exact) mass is 295 g/mol. The van der Waals surface area contributed by atoms with Crippen LogP contribution in [0.25, 0.3) is 11.0 Å². The second-order valence-electron chi connectivity index (χ2n) is 5.18. The number of aliphatic hydroxyl groups excluding tert-OH is 1. The first-order valence-corrected chi connectivity index (χ1v) is 7.15. The molecule has 1 aromatic heterocycles. The summed E-state index contributed by atoms with van der Waals surface area (Å²) in [6.07, 6.45) is 2.19. The largest absolute Gasteiger partial charge is 0.394 e. The van der Waals surface area contributed by atoms with Crippen LogP contribution in [0.2, 0.25) is 0 Å². The summed E-state index contributed by atoms with van der Waals surface area (Å²) in [5.41, 5.74) is 3.25. The molecule has 2 aromatic carbocycles. The maximum atomic E-state index is 12.3. The van der Waals surface area contributed by atoms with E-state index < -0.39 is 0 Å². The van der Waals surface area contributed by atoms with E-state index in [1.807, 2.05) is 30.3 Å². The van der Waals surface area contributed by atoms with Crippen LogP contribution in [0.1, 0.15) is 15.9 Å². The van der Waals surface area contributed by atoms with E-state index in [0.717, 1.165) is 16.6 Å². The molecule has 0 aliphatic carbocycles. The number of carbonyl (C=O) groups is 1. The predicted molar refractivity (Wildman–Crippen MR) is 84.6 cm³/mol. The minimum Gasteiger partial charge on any atom is -0.394 e. The summed E-state index contributed by atoms with van der Waals surface area (Å²) in [7, 11) is 0. The normalized spacial score (nSPS) is 12.2. The van der Waals surface area contributed by atoms with Crippen LogP contribution in [0.4, 0.5) is 0 Å². The van der Waals surface area contributed by atoms with E-state index in [1.165, 1.54) is 0 Å². The molecule has 0 aliphatic rings. The number of nitrogens with one attached hydrogen (secondary N) is 2. The van der Waals surface area contributed by atoms with Gasteiger partial charge >= 0.3 is 0 Å². The summed E-state index contributed by atoms with van der Waals surface area (Å²) in [6.45, 7) is -0.104. The van der Waals surface area contributed by atoms with Crippen molar-refractivity contribution in [2.45, 2.75) is 12.5 Å². The molecule has 5 heteroatoms. The summed E-state index contributed by atoms with van der Waals surface area (Å²) >= 11 is 0. The number of imidazole rings is 1. The van der Waals surface area contributed by atoms with Gasteiger partial charge in [0, 0.05) is 5.56 Å². The molecule has 0 spiro atoms. The van der Waals surface area contributed by atoms with E-state index in [0.29, 0.717) is 12.0 Å². The highest BCUT2D eigenvalue weighted by molar-refractivity contribution is 5.97. The Hall–Kier alpha value is -2.66. The molecule has 5 nitrogen and oxygen atoms in total. The van der Waals surface area contributed by atoms with Gasteiger partial charge in [-0.3, -0.25) is 4.79 Å². The number of fused-ring (bicyclic) bond motifs is 1. The second-order valence-corrected chi connectivity index (χ2v) is 5.18. The molecule has 3 aromatic rings. The van der Waals surface area contributed by atoms with Gasteiger partial charge in [-0.15, -0.1) is 0 Å². The van der Waals surface area contributed by atoms with Gasteiger partial charge in [0.2, 0.25) is 0 Å². The Kier molecular flexibility index (Phi) is 4.16. The zero-order valence-electron chi connectivity index (χ0n) is 12.0. The van der Waals surface area contributed by atoms with Gasteiger partial charge in [0.15, 0.2) is 0 Å². The first-order valence-electron chi connectivity index (χ1n) is 7.15. The minimum atomic E-state index is -0.313. The number of aromatic amines is 1. The van der Waals surface area contributed by atoms with Gasteiger partial charge in [-0.2, -0.15) is 0 Å². The van der Waals surface area contributed by atoms with Crippen LogP contribution in [0.15, 0.2) is 54.9 Å². The fourth-order valence-corrected chi connectivity index (χ4v) is 2.41. The number of H-pyrrole nitrogens is 1. The molecule has 1 unspecified atom stereocenters. The number of hydrogen-bond acceptors (Lipinski definition) is 3.